The van der Waals surface area contributed by atoms with Gasteiger partial charge in [0.25, 0.3) is 0 Å². The molecular weight excluding hydrogens is 323 g/mol. The predicted octanol–water partition coefficient (Wildman–Crippen LogP) is 4.39. The first-order chi connectivity index (χ1) is 10.7. The molecule has 2 heterocycles. The minimum Gasteiger partial charge on any atom is -0.338 e. The van der Waals surface area contributed by atoms with Gasteiger partial charge >= 0.3 is 0 Å². The van der Waals surface area contributed by atoms with Crippen molar-refractivity contribution in [2.45, 2.75) is 12.3 Å². The molecule has 22 heavy (non-hydrogen) atoms. The largest absolute Gasteiger partial charge is 0.338 e. The molecule has 0 spiro atoms. The van der Waals surface area contributed by atoms with Gasteiger partial charge in [0.05, 0.1) is 18.2 Å². The summed E-state index contributed by atoms with van der Waals surface area (Å²) in [6, 6.07) is 8.05. The van der Waals surface area contributed by atoms with Crippen molar-refractivity contribution in [3.63, 3.8) is 0 Å². The molecule has 2 aromatic heterocycles. The van der Waals surface area contributed by atoms with E-state index in [4.69, 9.17) is 16.9 Å². The Morgan fingerprint density at radius 3 is 3.14 bits per heavy atom. The molecule has 0 saturated heterocycles. The molecule has 1 aliphatic carbocycles. The molecule has 1 unspecified atom stereocenters. The Morgan fingerprint density at radius 2 is 2.32 bits per heavy atom. The fourth-order valence-electron chi connectivity index (χ4n) is 2.62. The maximum absolute atomic E-state index is 13.7. The Hall–Kier alpha value is -2.23. The zero-order valence-electron chi connectivity index (χ0n) is 11.1. The lowest BCUT2D eigenvalue weighted by Gasteiger charge is -2.19. The van der Waals surface area contributed by atoms with Crippen LogP contribution in [0.3, 0.4) is 0 Å². The average Bonchev–Trinajstić information content (AvgIpc) is 2.75. The molecule has 108 valence electrons. The SMILES string of the molecule is N#CC1Cc2sc3ccc(Nc4nc(Cl)ncc4F)cc3c21. The van der Waals surface area contributed by atoms with E-state index >= 15 is 0 Å². The summed E-state index contributed by atoms with van der Waals surface area (Å²) in [7, 11) is 0. The highest BCUT2D eigenvalue weighted by molar-refractivity contribution is 7.19. The van der Waals surface area contributed by atoms with E-state index in [2.05, 4.69) is 21.4 Å². The Kier molecular flexibility index (Phi) is 2.99. The minimum absolute atomic E-state index is 0.0193. The lowest BCUT2D eigenvalue weighted by atomic mass is 9.83. The van der Waals surface area contributed by atoms with Gasteiger partial charge in [0.2, 0.25) is 5.28 Å². The molecule has 7 heteroatoms. The first-order valence-electron chi connectivity index (χ1n) is 6.55. The first-order valence-corrected chi connectivity index (χ1v) is 7.75. The molecule has 1 aliphatic rings. The van der Waals surface area contributed by atoms with Crippen LogP contribution in [-0.2, 0) is 6.42 Å². The molecule has 0 saturated carbocycles. The molecule has 1 aromatic carbocycles. The maximum atomic E-state index is 13.7. The van der Waals surface area contributed by atoms with E-state index in [9.17, 15) is 4.39 Å². The van der Waals surface area contributed by atoms with Gasteiger partial charge in [-0.1, -0.05) is 0 Å². The number of thiophene rings is 1. The van der Waals surface area contributed by atoms with Gasteiger partial charge in [0, 0.05) is 21.7 Å². The third kappa shape index (κ3) is 2.02. The summed E-state index contributed by atoms with van der Waals surface area (Å²) in [6.07, 6.45) is 1.85. The number of hydrogen-bond acceptors (Lipinski definition) is 5. The third-order valence-electron chi connectivity index (χ3n) is 3.67. The van der Waals surface area contributed by atoms with Gasteiger partial charge in [-0.05, 0) is 40.7 Å². The smallest absolute Gasteiger partial charge is 0.224 e. The number of benzene rings is 1. The van der Waals surface area contributed by atoms with Crippen LogP contribution in [-0.4, -0.2) is 9.97 Å². The highest BCUT2D eigenvalue weighted by Gasteiger charge is 2.30. The normalized spacial score (nSPS) is 16.0. The van der Waals surface area contributed by atoms with Crippen molar-refractivity contribution in [2.24, 2.45) is 0 Å². The zero-order valence-corrected chi connectivity index (χ0v) is 12.7. The van der Waals surface area contributed by atoms with Crippen LogP contribution in [0.25, 0.3) is 10.1 Å². The summed E-state index contributed by atoms with van der Waals surface area (Å²) in [5.41, 5.74) is 1.80. The van der Waals surface area contributed by atoms with E-state index in [0.29, 0.717) is 5.69 Å². The van der Waals surface area contributed by atoms with E-state index in [1.165, 1.54) is 4.88 Å². The van der Waals surface area contributed by atoms with Gasteiger partial charge in [-0.2, -0.15) is 10.2 Å². The van der Waals surface area contributed by atoms with E-state index < -0.39 is 5.82 Å². The molecule has 0 radical (unpaired) electrons. The van der Waals surface area contributed by atoms with Crippen LogP contribution in [0.4, 0.5) is 15.9 Å². The minimum atomic E-state index is -0.572. The molecule has 0 fully saturated rings. The van der Waals surface area contributed by atoms with Gasteiger partial charge in [-0.15, -0.1) is 11.3 Å². The van der Waals surface area contributed by atoms with Crippen LogP contribution < -0.4 is 5.32 Å². The van der Waals surface area contributed by atoms with Crippen molar-refractivity contribution in [1.82, 2.24) is 9.97 Å². The van der Waals surface area contributed by atoms with E-state index in [0.717, 1.165) is 28.3 Å². The Balaban J connectivity index is 1.76. The van der Waals surface area contributed by atoms with E-state index in [1.54, 1.807) is 11.3 Å². The van der Waals surface area contributed by atoms with Gasteiger partial charge in [-0.25, -0.2) is 9.37 Å². The number of anilines is 2. The quantitative estimate of drug-likeness (QED) is 0.708. The summed E-state index contributed by atoms with van der Waals surface area (Å²) in [5.74, 6) is -0.577. The number of hydrogen-bond donors (Lipinski definition) is 1. The molecule has 3 aromatic rings. The lowest BCUT2D eigenvalue weighted by molar-refractivity contribution is 0.619. The van der Waals surface area contributed by atoms with Crippen molar-refractivity contribution in [1.29, 1.82) is 5.26 Å². The van der Waals surface area contributed by atoms with Crippen molar-refractivity contribution in [3.05, 3.63) is 45.9 Å². The van der Waals surface area contributed by atoms with Crippen molar-refractivity contribution in [2.75, 3.05) is 5.32 Å². The monoisotopic (exact) mass is 330 g/mol. The van der Waals surface area contributed by atoms with Crippen LogP contribution >= 0.6 is 22.9 Å². The summed E-state index contributed by atoms with van der Waals surface area (Å²) < 4.78 is 14.8. The number of rotatable bonds is 2. The van der Waals surface area contributed by atoms with Gasteiger partial charge < -0.3 is 5.32 Å². The summed E-state index contributed by atoms with van der Waals surface area (Å²) in [5, 5.41) is 13.1. The summed E-state index contributed by atoms with van der Waals surface area (Å²) in [4.78, 5) is 8.68. The molecule has 4 nitrogen and oxygen atoms in total. The Labute approximate surface area is 134 Å². The van der Waals surface area contributed by atoms with Crippen LogP contribution in [0.1, 0.15) is 16.4 Å². The molecule has 0 bridgehead atoms. The third-order valence-corrected chi connectivity index (χ3v) is 5.07. The second-order valence-electron chi connectivity index (χ2n) is 5.00. The fraction of sp³-hybridized carbons (Fsp3) is 0.133. The molecule has 0 amide bonds. The predicted molar refractivity (Wildman–Crippen MR) is 84.2 cm³/mol. The molecule has 4 rings (SSSR count). The highest BCUT2D eigenvalue weighted by Crippen LogP contribution is 2.46. The van der Waals surface area contributed by atoms with Crippen molar-refractivity contribution >= 4 is 44.5 Å². The maximum Gasteiger partial charge on any atom is 0.224 e. The van der Waals surface area contributed by atoms with Crippen LogP contribution in [0.5, 0.6) is 0 Å². The lowest BCUT2D eigenvalue weighted by Crippen LogP contribution is -2.11. The topological polar surface area (TPSA) is 61.6 Å². The number of fused-ring (bicyclic) bond motifs is 3. The molecular formula is C15H8ClFN4S. The standard InChI is InChI=1S/C15H8ClFN4S/c16-15-19-6-10(17)14(21-15)20-8-1-2-11-9(4-8)13-7(5-18)3-12(13)22-11/h1-2,4,6-7H,3H2,(H,19,20,21). The zero-order chi connectivity index (χ0) is 15.3. The first kappa shape index (κ1) is 13.4. The molecule has 1 N–H and O–H groups in total. The van der Waals surface area contributed by atoms with Gasteiger partial charge in [-0.3, -0.25) is 0 Å². The van der Waals surface area contributed by atoms with Crippen LogP contribution in [0, 0.1) is 17.1 Å². The number of aromatic nitrogens is 2. The van der Waals surface area contributed by atoms with Crippen LogP contribution in [0.15, 0.2) is 24.4 Å². The molecule has 1 atom stereocenters. The summed E-state index contributed by atoms with van der Waals surface area (Å²) in [6.45, 7) is 0. The van der Waals surface area contributed by atoms with Crippen LogP contribution in [0.2, 0.25) is 5.28 Å². The second-order valence-corrected chi connectivity index (χ2v) is 6.47. The highest BCUT2D eigenvalue weighted by atomic mass is 35.5. The number of nitrogens with zero attached hydrogens (tertiary/aromatic N) is 3. The fourth-order valence-corrected chi connectivity index (χ4v) is 4.04. The molecule has 0 aliphatic heterocycles. The van der Waals surface area contributed by atoms with E-state index in [1.807, 2.05) is 18.2 Å². The second kappa shape index (κ2) is 4.90. The number of nitrogens with one attached hydrogen (secondary N) is 1. The Bertz CT molecular complexity index is 947. The van der Waals surface area contributed by atoms with Crippen molar-refractivity contribution < 1.29 is 4.39 Å². The average molecular weight is 331 g/mol. The van der Waals surface area contributed by atoms with Gasteiger partial charge in [0.15, 0.2) is 11.6 Å². The summed E-state index contributed by atoms with van der Waals surface area (Å²) >= 11 is 7.40. The Morgan fingerprint density at radius 1 is 1.45 bits per heavy atom. The van der Waals surface area contributed by atoms with Crippen molar-refractivity contribution in [3.8, 4) is 6.07 Å². The van der Waals surface area contributed by atoms with E-state index in [-0.39, 0.29) is 17.0 Å². The van der Waals surface area contributed by atoms with Gasteiger partial charge in [0.1, 0.15) is 0 Å². The number of halogens is 2. The number of nitriles is 1.